The molecular formula is C18H17NO4. The lowest BCUT2D eigenvalue weighted by atomic mass is 9.99. The van der Waals surface area contributed by atoms with E-state index in [0.29, 0.717) is 0 Å². The van der Waals surface area contributed by atoms with E-state index in [9.17, 15) is 10.1 Å². The molecule has 0 saturated heterocycles. The van der Waals surface area contributed by atoms with Gasteiger partial charge in [-0.25, -0.2) is 0 Å². The monoisotopic (exact) mass is 311 g/mol. The number of nitrogens with zero attached hydrogens (tertiary/aromatic N) is 1. The molecule has 23 heavy (non-hydrogen) atoms. The van der Waals surface area contributed by atoms with Crippen LogP contribution in [0, 0.1) is 10.1 Å². The van der Waals surface area contributed by atoms with Crippen molar-refractivity contribution >= 4 is 5.69 Å². The highest BCUT2D eigenvalue weighted by Gasteiger charge is 2.29. The lowest BCUT2D eigenvalue weighted by Gasteiger charge is -2.30. The number of hydrogen-bond donors (Lipinski definition) is 0. The van der Waals surface area contributed by atoms with E-state index in [-0.39, 0.29) is 17.5 Å². The Morgan fingerprint density at radius 2 is 2.00 bits per heavy atom. The first-order chi connectivity index (χ1) is 11.2. The molecule has 0 amide bonds. The first kappa shape index (κ1) is 15.1. The van der Waals surface area contributed by atoms with Crippen molar-refractivity contribution in [3.63, 3.8) is 0 Å². The highest BCUT2D eigenvalue weighted by Crippen LogP contribution is 2.32. The van der Waals surface area contributed by atoms with Crippen LogP contribution >= 0.6 is 0 Å². The quantitative estimate of drug-likeness (QED) is 0.477. The van der Waals surface area contributed by atoms with Gasteiger partial charge in [0.25, 0.3) is 0 Å². The Balaban J connectivity index is 1.80. The van der Waals surface area contributed by atoms with Crippen LogP contribution in [0.3, 0.4) is 0 Å². The van der Waals surface area contributed by atoms with E-state index in [1.54, 1.807) is 24.3 Å². The van der Waals surface area contributed by atoms with Gasteiger partial charge in [-0.05, 0) is 36.6 Å². The number of nitro benzene ring substituents is 1. The summed E-state index contributed by atoms with van der Waals surface area (Å²) in [4.78, 5) is 10.6. The molecule has 0 aliphatic carbocycles. The number of aryl methyl sites for hydroxylation is 1. The molecule has 5 nitrogen and oxygen atoms in total. The van der Waals surface area contributed by atoms with Crippen LogP contribution in [0.15, 0.2) is 61.2 Å². The van der Waals surface area contributed by atoms with E-state index in [4.69, 9.17) is 9.47 Å². The fourth-order valence-corrected chi connectivity index (χ4v) is 2.71. The molecule has 118 valence electrons. The molecule has 0 bridgehead atoms. The van der Waals surface area contributed by atoms with Gasteiger partial charge in [0, 0.05) is 6.07 Å². The van der Waals surface area contributed by atoms with Gasteiger partial charge in [-0.15, -0.1) is 0 Å². The number of hydrogen-bond acceptors (Lipinski definition) is 4. The summed E-state index contributed by atoms with van der Waals surface area (Å²) < 4.78 is 11.8. The maximum absolute atomic E-state index is 11.1. The van der Waals surface area contributed by atoms with E-state index in [1.807, 2.05) is 24.3 Å². The molecule has 1 aliphatic rings. The molecule has 2 unspecified atom stereocenters. The van der Waals surface area contributed by atoms with Crippen molar-refractivity contribution in [2.24, 2.45) is 0 Å². The number of ether oxygens (including phenoxy) is 2. The maximum Gasteiger partial charge on any atom is 0.310 e. The lowest BCUT2D eigenvalue weighted by molar-refractivity contribution is -0.386. The normalized spacial score (nSPS) is 17.5. The van der Waals surface area contributed by atoms with Gasteiger partial charge in [-0.1, -0.05) is 36.9 Å². The first-order valence-electron chi connectivity index (χ1n) is 7.46. The van der Waals surface area contributed by atoms with Crippen LogP contribution in [-0.4, -0.2) is 17.1 Å². The molecule has 2 aromatic rings. The molecule has 5 heteroatoms. The van der Waals surface area contributed by atoms with Gasteiger partial charge in [-0.2, -0.15) is 0 Å². The summed E-state index contributed by atoms with van der Waals surface area (Å²) in [6, 6.07) is 14.2. The van der Waals surface area contributed by atoms with Crippen LogP contribution < -0.4 is 9.47 Å². The van der Waals surface area contributed by atoms with Crippen LogP contribution in [0.4, 0.5) is 5.69 Å². The zero-order valence-electron chi connectivity index (χ0n) is 12.6. The Kier molecular flexibility index (Phi) is 4.28. The summed E-state index contributed by atoms with van der Waals surface area (Å²) in [7, 11) is 0. The standard InChI is InChI=1S/C18H17NO4/c1-2-15(22-17-10-6-4-8-14(17)19(20)21)18-12-11-13-7-3-5-9-16(13)23-18/h2-10,15,18H,1,11-12H2. The minimum atomic E-state index is -0.454. The predicted molar refractivity (Wildman–Crippen MR) is 86.9 cm³/mol. The average molecular weight is 311 g/mol. The zero-order valence-corrected chi connectivity index (χ0v) is 12.6. The molecule has 0 fully saturated rings. The molecule has 1 aliphatic heterocycles. The maximum atomic E-state index is 11.1. The summed E-state index contributed by atoms with van der Waals surface area (Å²) in [5, 5.41) is 11.1. The molecular weight excluding hydrogens is 294 g/mol. The van der Waals surface area contributed by atoms with Crippen molar-refractivity contribution in [3.8, 4) is 11.5 Å². The molecule has 0 saturated carbocycles. The lowest BCUT2D eigenvalue weighted by Crippen LogP contribution is -2.37. The molecule has 0 radical (unpaired) electrons. The summed E-state index contributed by atoms with van der Waals surface area (Å²) in [6.07, 6.45) is 2.61. The zero-order chi connectivity index (χ0) is 16.2. The van der Waals surface area contributed by atoms with Crippen LogP contribution in [0.5, 0.6) is 11.5 Å². The summed E-state index contributed by atoms with van der Waals surface area (Å²) >= 11 is 0. The number of rotatable bonds is 5. The Bertz CT molecular complexity index is 728. The largest absolute Gasteiger partial charge is 0.486 e. The third-order valence-electron chi connectivity index (χ3n) is 3.87. The first-order valence-corrected chi connectivity index (χ1v) is 7.46. The Labute approximate surface area is 134 Å². The van der Waals surface area contributed by atoms with Crippen molar-refractivity contribution in [1.82, 2.24) is 0 Å². The Morgan fingerprint density at radius 3 is 2.78 bits per heavy atom. The van der Waals surface area contributed by atoms with Crippen LogP contribution in [0.2, 0.25) is 0 Å². The van der Waals surface area contributed by atoms with Crippen molar-refractivity contribution < 1.29 is 14.4 Å². The summed E-state index contributed by atoms with van der Waals surface area (Å²) in [5.41, 5.74) is 1.10. The van der Waals surface area contributed by atoms with Gasteiger partial charge in [-0.3, -0.25) is 10.1 Å². The molecule has 2 aromatic carbocycles. The number of benzene rings is 2. The van der Waals surface area contributed by atoms with E-state index in [2.05, 4.69) is 6.58 Å². The minimum absolute atomic E-state index is 0.0597. The topological polar surface area (TPSA) is 61.6 Å². The van der Waals surface area contributed by atoms with Crippen LogP contribution in [-0.2, 0) is 6.42 Å². The van der Waals surface area contributed by atoms with Gasteiger partial charge >= 0.3 is 5.69 Å². The minimum Gasteiger partial charge on any atom is -0.486 e. The smallest absolute Gasteiger partial charge is 0.310 e. The summed E-state index contributed by atoms with van der Waals surface area (Å²) in [6.45, 7) is 3.79. The SMILES string of the molecule is C=CC(Oc1ccccc1[N+](=O)[O-])C1CCc2ccccc2O1. The van der Waals surface area contributed by atoms with Gasteiger partial charge < -0.3 is 9.47 Å². The molecule has 0 aromatic heterocycles. The number of para-hydroxylation sites is 3. The fourth-order valence-electron chi connectivity index (χ4n) is 2.71. The van der Waals surface area contributed by atoms with E-state index in [1.165, 1.54) is 6.07 Å². The van der Waals surface area contributed by atoms with Crippen molar-refractivity contribution in [2.75, 3.05) is 0 Å². The van der Waals surface area contributed by atoms with E-state index >= 15 is 0 Å². The third kappa shape index (κ3) is 3.18. The Morgan fingerprint density at radius 1 is 1.26 bits per heavy atom. The van der Waals surface area contributed by atoms with Gasteiger partial charge in [0.2, 0.25) is 0 Å². The molecule has 1 heterocycles. The third-order valence-corrected chi connectivity index (χ3v) is 3.87. The number of nitro groups is 1. The van der Waals surface area contributed by atoms with Crippen molar-refractivity contribution in [1.29, 1.82) is 0 Å². The second kappa shape index (κ2) is 6.52. The van der Waals surface area contributed by atoms with E-state index < -0.39 is 11.0 Å². The predicted octanol–water partition coefficient (Wildman–Crippen LogP) is 3.92. The van der Waals surface area contributed by atoms with Crippen molar-refractivity contribution in [3.05, 3.63) is 76.9 Å². The van der Waals surface area contributed by atoms with E-state index in [0.717, 1.165) is 24.2 Å². The second-order valence-corrected chi connectivity index (χ2v) is 5.35. The average Bonchev–Trinajstić information content (AvgIpc) is 2.59. The second-order valence-electron chi connectivity index (χ2n) is 5.35. The number of fused-ring (bicyclic) bond motifs is 1. The molecule has 2 atom stereocenters. The highest BCUT2D eigenvalue weighted by molar-refractivity contribution is 5.46. The molecule has 3 rings (SSSR count). The fraction of sp³-hybridized carbons (Fsp3) is 0.222. The van der Waals surface area contributed by atoms with Gasteiger partial charge in [0.1, 0.15) is 11.9 Å². The highest BCUT2D eigenvalue weighted by atomic mass is 16.6. The molecule has 0 N–H and O–H groups in total. The van der Waals surface area contributed by atoms with Gasteiger partial charge in [0.05, 0.1) is 4.92 Å². The summed E-state index contributed by atoms with van der Waals surface area (Å²) in [5.74, 6) is 1.06. The van der Waals surface area contributed by atoms with Crippen LogP contribution in [0.1, 0.15) is 12.0 Å². The molecule has 0 spiro atoms. The van der Waals surface area contributed by atoms with Crippen LogP contribution in [0.25, 0.3) is 0 Å². The van der Waals surface area contributed by atoms with Gasteiger partial charge in [0.15, 0.2) is 11.9 Å². The van der Waals surface area contributed by atoms with Crippen molar-refractivity contribution in [2.45, 2.75) is 25.0 Å². The Hall–Kier alpha value is -2.82.